The van der Waals surface area contributed by atoms with E-state index in [-0.39, 0.29) is 48.2 Å². The number of nitrogens with zero attached hydrogens (tertiary/aromatic N) is 8. The number of piperazine rings is 1. The normalized spacial score (nSPS) is 19.9. The number of anilines is 2. The number of aryl methyl sites for hydroxylation is 1. The van der Waals surface area contributed by atoms with Crippen LogP contribution < -0.4 is 15.1 Å². The highest BCUT2D eigenvalue weighted by atomic mass is 19.1. The molecule has 9 rings (SSSR count). The van der Waals surface area contributed by atoms with Crippen molar-refractivity contribution in [3.63, 3.8) is 0 Å². The minimum atomic E-state index is -1.03. The first kappa shape index (κ1) is 35.2. The van der Waals surface area contributed by atoms with Gasteiger partial charge in [-0.25, -0.2) is 18.9 Å². The van der Waals surface area contributed by atoms with E-state index >= 15 is 0 Å². The minimum absolute atomic E-state index is 0.00956. The molecule has 15 heteroatoms. The molecule has 284 valence electrons. The van der Waals surface area contributed by atoms with Crippen molar-refractivity contribution in [1.29, 1.82) is 0 Å². The Morgan fingerprint density at radius 3 is 2.46 bits per heavy atom. The summed E-state index contributed by atoms with van der Waals surface area (Å²) in [7, 11) is 0. The average Bonchev–Trinajstić information content (AvgIpc) is 3.94. The molecule has 0 aliphatic carbocycles. The Kier molecular flexibility index (Phi) is 8.98. The zero-order valence-corrected chi connectivity index (χ0v) is 30.4. The van der Waals surface area contributed by atoms with E-state index in [9.17, 15) is 28.4 Å². The molecule has 2 atom stereocenters. The molecule has 3 aromatic heterocycles. The van der Waals surface area contributed by atoms with Crippen molar-refractivity contribution < 1.29 is 28.4 Å². The van der Waals surface area contributed by atoms with E-state index in [4.69, 9.17) is 10.1 Å². The van der Waals surface area contributed by atoms with Crippen LogP contribution in [0.25, 0.3) is 17.0 Å². The van der Waals surface area contributed by atoms with Crippen LogP contribution in [-0.2, 0) is 20.8 Å². The Morgan fingerprint density at radius 1 is 0.821 bits per heavy atom. The second-order valence-corrected chi connectivity index (χ2v) is 14.6. The molecule has 0 bridgehead atoms. The molecule has 3 saturated heterocycles. The summed E-state index contributed by atoms with van der Waals surface area (Å²) in [6.45, 7) is 3.05. The third kappa shape index (κ3) is 6.42. The van der Waals surface area contributed by atoms with Gasteiger partial charge in [-0.1, -0.05) is 24.3 Å². The van der Waals surface area contributed by atoms with Crippen LogP contribution in [0.3, 0.4) is 0 Å². The van der Waals surface area contributed by atoms with Gasteiger partial charge in [0.05, 0.1) is 29.1 Å². The topological polar surface area (TPSA) is 153 Å². The standard InChI is InChI=1S/C41H38FN9O5/c42-27-5-1-4-26(23-27)31-7-3-17-49(31)36-14-13-34-43-24-33(51(34)46-36)30-6-2-8-35(44-30)47-18-20-48(21-19-47)38(53)16-10-25-9-11-28-29(22-25)41(56)50(40(28)55)32-12-15-37(52)45-39(32)54/h1-2,4-6,8-9,11,13-14,22-24,31-32H,3,7,10,12,15-21H2,(H,45,52,54)/t31-,32?/m1/s1. The fourth-order valence-electron chi connectivity index (χ4n) is 8.30. The average molecular weight is 756 g/mol. The fourth-order valence-corrected chi connectivity index (χ4v) is 8.30. The molecule has 14 nitrogen and oxygen atoms in total. The van der Waals surface area contributed by atoms with E-state index in [2.05, 4.69) is 20.1 Å². The maximum atomic E-state index is 14.1. The zero-order chi connectivity index (χ0) is 38.5. The van der Waals surface area contributed by atoms with Crippen molar-refractivity contribution in [2.75, 3.05) is 42.5 Å². The van der Waals surface area contributed by atoms with Crippen LogP contribution in [0.4, 0.5) is 16.0 Å². The third-order valence-electron chi connectivity index (χ3n) is 11.2. The summed E-state index contributed by atoms with van der Waals surface area (Å²) in [6, 6.07) is 20.5. The van der Waals surface area contributed by atoms with Crippen molar-refractivity contribution in [3.05, 3.63) is 107 Å². The molecule has 5 amide bonds. The molecule has 3 fully saturated rings. The predicted molar refractivity (Wildman–Crippen MR) is 202 cm³/mol. The molecule has 5 aromatic rings. The summed E-state index contributed by atoms with van der Waals surface area (Å²) in [5.41, 5.74) is 4.25. The molecule has 1 N–H and O–H groups in total. The number of pyridine rings is 1. The Labute approximate surface area is 320 Å². The molecular formula is C41H38FN9O5. The summed E-state index contributed by atoms with van der Waals surface area (Å²) < 4.78 is 15.9. The monoisotopic (exact) mass is 755 g/mol. The van der Waals surface area contributed by atoms with Crippen molar-refractivity contribution >= 4 is 46.8 Å². The van der Waals surface area contributed by atoms with Gasteiger partial charge in [-0.05, 0) is 85.3 Å². The smallest absolute Gasteiger partial charge is 0.262 e. The molecule has 1 unspecified atom stereocenters. The Balaban J connectivity index is 0.830. The SMILES string of the molecule is O=C1CCC(N2C(=O)c3ccc(CCC(=O)N4CCN(c5cccc(-c6cnc7ccc(N8CCC[C@@H]8c8cccc(F)c8)nn67)n5)CC4)cc3C2=O)C(=O)N1. The summed E-state index contributed by atoms with van der Waals surface area (Å²) in [6.07, 6.45) is 4.42. The summed E-state index contributed by atoms with van der Waals surface area (Å²) in [4.78, 5) is 80.3. The molecule has 4 aliphatic heterocycles. The van der Waals surface area contributed by atoms with Gasteiger partial charge in [0.25, 0.3) is 11.8 Å². The van der Waals surface area contributed by atoms with Gasteiger partial charge in [0, 0.05) is 45.6 Å². The number of aromatic nitrogens is 4. The number of hydrogen-bond acceptors (Lipinski definition) is 10. The fraction of sp³-hybridized carbons (Fsp3) is 0.317. The highest BCUT2D eigenvalue weighted by Crippen LogP contribution is 2.36. The summed E-state index contributed by atoms with van der Waals surface area (Å²) >= 11 is 0. The van der Waals surface area contributed by atoms with Crippen LogP contribution in [0.2, 0.25) is 0 Å². The Bertz CT molecular complexity index is 2430. The number of amides is 5. The number of hydrogen-bond donors (Lipinski definition) is 1. The van der Waals surface area contributed by atoms with Crippen molar-refractivity contribution in [2.24, 2.45) is 0 Å². The first-order valence-corrected chi connectivity index (χ1v) is 18.9. The molecule has 4 aliphatic rings. The van der Waals surface area contributed by atoms with Crippen LogP contribution in [0.1, 0.15) is 70.0 Å². The van der Waals surface area contributed by atoms with E-state index in [1.54, 1.807) is 36.5 Å². The largest absolute Gasteiger partial charge is 0.353 e. The Hall–Kier alpha value is -6.51. The van der Waals surface area contributed by atoms with E-state index in [1.807, 2.05) is 45.8 Å². The lowest BCUT2D eigenvalue weighted by molar-refractivity contribution is -0.136. The van der Waals surface area contributed by atoms with Crippen LogP contribution in [0.15, 0.2) is 79.0 Å². The second kappa shape index (κ2) is 14.3. The molecule has 2 aromatic carbocycles. The summed E-state index contributed by atoms with van der Waals surface area (Å²) in [5, 5.41) is 7.19. The quantitative estimate of drug-likeness (QED) is 0.231. The number of halogens is 1. The molecule has 0 saturated carbocycles. The van der Waals surface area contributed by atoms with Crippen LogP contribution in [0.5, 0.6) is 0 Å². The maximum absolute atomic E-state index is 14.1. The van der Waals surface area contributed by atoms with Crippen molar-refractivity contribution in [1.82, 2.24) is 34.7 Å². The molecule has 0 spiro atoms. The highest BCUT2D eigenvalue weighted by molar-refractivity contribution is 6.23. The number of fused-ring (bicyclic) bond motifs is 2. The van der Waals surface area contributed by atoms with Gasteiger partial charge < -0.3 is 14.7 Å². The number of carbonyl (C=O) groups excluding carboxylic acids is 5. The lowest BCUT2D eigenvalue weighted by Crippen LogP contribution is -2.54. The number of imidazole rings is 1. The predicted octanol–water partition coefficient (Wildman–Crippen LogP) is 3.95. The Morgan fingerprint density at radius 2 is 1.64 bits per heavy atom. The molecule has 56 heavy (non-hydrogen) atoms. The minimum Gasteiger partial charge on any atom is -0.353 e. The lowest BCUT2D eigenvalue weighted by Gasteiger charge is -2.35. The van der Waals surface area contributed by atoms with Gasteiger partial charge in [0.15, 0.2) is 5.65 Å². The first-order chi connectivity index (χ1) is 27.2. The van der Waals surface area contributed by atoms with Crippen LogP contribution in [0, 0.1) is 5.82 Å². The number of piperidine rings is 1. The highest BCUT2D eigenvalue weighted by Gasteiger charge is 2.44. The molecule has 0 radical (unpaired) electrons. The third-order valence-corrected chi connectivity index (χ3v) is 11.2. The van der Waals surface area contributed by atoms with Crippen LogP contribution in [-0.4, -0.2) is 97.7 Å². The number of rotatable bonds is 8. The van der Waals surface area contributed by atoms with Crippen LogP contribution >= 0.6 is 0 Å². The number of benzene rings is 2. The van der Waals surface area contributed by atoms with Gasteiger partial charge in [-0.3, -0.25) is 34.2 Å². The number of imide groups is 2. The van der Waals surface area contributed by atoms with Gasteiger partial charge in [0.2, 0.25) is 17.7 Å². The molecular weight excluding hydrogens is 718 g/mol. The zero-order valence-electron chi connectivity index (χ0n) is 30.4. The maximum Gasteiger partial charge on any atom is 0.262 e. The summed E-state index contributed by atoms with van der Waals surface area (Å²) in [5.74, 6) is -0.884. The second-order valence-electron chi connectivity index (χ2n) is 14.6. The van der Waals surface area contributed by atoms with E-state index in [0.29, 0.717) is 38.2 Å². The molecule has 7 heterocycles. The van der Waals surface area contributed by atoms with Crippen molar-refractivity contribution in [2.45, 2.75) is 50.6 Å². The number of nitrogens with one attached hydrogen (secondary N) is 1. The van der Waals surface area contributed by atoms with Gasteiger partial charge in [0.1, 0.15) is 29.2 Å². The van der Waals surface area contributed by atoms with E-state index in [0.717, 1.165) is 58.4 Å². The van der Waals surface area contributed by atoms with Gasteiger partial charge in [-0.2, -0.15) is 0 Å². The van der Waals surface area contributed by atoms with E-state index in [1.165, 1.54) is 6.07 Å². The van der Waals surface area contributed by atoms with Gasteiger partial charge >= 0.3 is 0 Å². The lowest BCUT2D eigenvalue weighted by atomic mass is 10.0. The van der Waals surface area contributed by atoms with Crippen molar-refractivity contribution in [3.8, 4) is 11.4 Å². The first-order valence-electron chi connectivity index (χ1n) is 18.9. The van der Waals surface area contributed by atoms with E-state index < -0.39 is 29.7 Å². The van der Waals surface area contributed by atoms with Gasteiger partial charge in [-0.15, -0.1) is 5.10 Å². The number of carbonyl (C=O) groups is 5.